The summed E-state index contributed by atoms with van der Waals surface area (Å²) in [5.41, 5.74) is -2.82. The van der Waals surface area contributed by atoms with E-state index < -0.39 is 38.5 Å². The summed E-state index contributed by atoms with van der Waals surface area (Å²) in [6.07, 6.45) is -4.61. The number of Topliss-reactive ketones (excluding diaryl/α,β-unsaturated/α-hetero) is 1. The molecule has 0 radical (unpaired) electrons. The molecule has 0 aromatic heterocycles. The minimum Gasteiger partial charge on any atom is -0.294 e. The van der Waals surface area contributed by atoms with Gasteiger partial charge in [0.15, 0.2) is 11.0 Å². The number of halogens is 3. The van der Waals surface area contributed by atoms with E-state index in [4.69, 9.17) is 0 Å². The van der Waals surface area contributed by atoms with Crippen molar-refractivity contribution in [1.29, 1.82) is 0 Å². The molecule has 2 rings (SSSR count). The second-order valence-electron chi connectivity index (χ2n) is 4.95. The number of hydrogen-bond donors (Lipinski definition) is 0. The summed E-state index contributed by atoms with van der Waals surface area (Å²) in [6.45, 7) is 2.53. The molecule has 0 spiro atoms. The second-order valence-corrected chi connectivity index (χ2v) is 6.58. The Morgan fingerprint density at radius 1 is 1.25 bits per heavy atom. The van der Waals surface area contributed by atoms with Crippen molar-refractivity contribution in [3.8, 4) is 0 Å². The summed E-state index contributed by atoms with van der Waals surface area (Å²) < 4.78 is 66.2. The standard InChI is InChI=1S/C12H11F3O4S/c1-11(2)10(16)9(20(17,18)19-11)7-4-3-5-8(6-7)12(13,14)15/h3-6,9H,1-2H3. The molecule has 0 bridgehead atoms. The summed E-state index contributed by atoms with van der Waals surface area (Å²) >= 11 is 0. The largest absolute Gasteiger partial charge is 0.416 e. The molecule has 1 saturated heterocycles. The van der Waals surface area contributed by atoms with Gasteiger partial charge >= 0.3 is 6.18 Å². The van der Waals surface area contributed by atoms with Crippen molar-refractivity contribution in [2.75, 3.05) is 0 Å². The maximum atomic E-state index is 12.6. The van der Waals surface area contributed by atoms with Crippen LogP contribution in [0.15, 0.2) is 24.3 Å². The van der Waals surface area contributed by atoms with Gasteiger partial charge in [0.2, 0.25) is 0 Å². The van der Waals surface area contributed by atoms with Crippen molar-refractivity contribution in [3.63, 3.8) is 0 Å². The van der Waals surface area contributed by atoms with Crippen LogP contribution in [0.25, 0.3) is 0 Å². The quantitative estimate of drug-likeness (QED) is 0.748. The normalized spacial score (nSPS) is 24.9. The highest BCUT2D eigenvalue weighted by atomic mass is 32.2. The Balaban J connectivity index is 2.55. The Hall–Kier alpha value is -1.41. The number of rotatable bonds is 1. The van der Waals surface area contributed by atoms with E-state index in [1.807, 2.05) is 0 Å². The average molecular weight is 308 g/mol. The molecule has 1 aliphatic rings. The third-order valence-corrected chi connectivity index (χ3v) is 4.67. The van der Waals surface area contributed by atoms with Crippen LogP contribution in [-0.2, 0) is 25.3 Å². The first-order chi connectivity index (χ1) is 8.95. The average Bonchev–Trinajstić information content (AvgIpc) is 2.42. The molecule has 20 heavy (non-hydrogen) atoms. The van der Waals surface area contributed by atoms with Crippen LogP contribution in [-0.4, -0.2) is 19.8 Å². The van der Waals surface area contributed by atoms with Gasteiger partial charge in [0.05, 0.1) is 5.56 Å². The molecule has 1 atom stereocenters. The van der Waals surface area contributed by atoms with Gasteiger partial charge in [-0.1, -0.05) is 18.2 Å². The minimum atomic E-state index is -4.61. The zero-order valence-electron chi connectivity index (χ0n) is 10.6. The van der Waals surface area contributed by atoms with Crippen LogP contribution < -0.4 is 0 Å². The molecule has 1 aromatic carbocycles. The van der Waals surface area contributed by atoms with Crippen molar-refractivity contribution in [3.05, 3.63) is 35.4 Å². The van der Waals surface area contributed by atoms with Gasteiger partial charge in [-0.3, -0.25) is 8.98 Å². The van der Waals surface area contributed by atoms with Gasteiger partial charge in [-0.15, -0.1) is 0 Å². The summed E-state index contributed by atoms with van der Waals surface area (Å²) in [5.74, 6) is -0.781. The van der Waals surface area contributed by atoms with Crippen molar-refractivity contribution in [2.45, 2.75) is 30.9 Å². The topological polar surface area (TPSA) is 60.4 Å². The van der Waals surface area contributed by atoms with E-state index in [-0.39, 0.29) is 5.56 Å². The highest BCUT2D eigenvalue weighted by Gasteiger charge is 2.53. The molecule has 8 heteroatoms. The summed E-state index contributed by atoms with van der Waals surface area (Å²) in [7, 11) is -4.28. The Morgan fingerprint density at radius 3 is 2.30 bits per heavy atom. The summed E-state index contributed by atoms with van der Waals surface area (Å²) in [4.78, 5) is 12.0. The molecule has 1 aromatic rings. The van der Waals surface area contributed by atoms with E-state index in [1.165, 1.54) is 19.9 Å². The van der Waals surface area contributed by atoms with Crippen LogP contribution >= 0.6 is 0 Å². The van der Waals surface area contributed by atoms with Crippen LogP contribution in [0.2, 0.25) is 0 Å². The molecule has 1 heterocycles. The predicted molar refractivity (Wildman–Crippen MR) is 63.3 cm³/mol. The highest BCUT2D eigenvalue weighted by molar-refractivity contribution is 7.88. The Kier molecular flexibility index (Phi) is 3.22. The lowest BCUT2D eigenvalue weighted by atomic mass is 9.96. The van der Waals surface area contributed by atoms with E-state index in [0.29, 0.717) is 6.07 Å². The molecule has 1 aliphatic heterocycles. The molecule has 0 aliphatic carbocycles. The Bertz CT molecular complexity index is 662. The van der Waals surface area contributed by atoms with E-state index in [2.05, 4.69) is 4.18 Å². The zero-order valence-corrected chi connectivity index (χ0v) is 11.4. The third kappa shape index (κ3) is 2.45. The number of alkyl halides is 3. The molecule has 0 N–H and O–H groups in total. The molecule has 0 saturated carbocycles. The molecular formula is C12H11F3O4S. The Labute approximate surface area is 113 Å². The van der Waals surface area contributed by atoms with Gasteiger partial charge in [0.25, 0.3) is 10.1 Å². The van der Waals surface area contributed by atoms with Crippen molar-refractivity contribution < 1.29 is 30.6 Å². The van der Waals surface area contributed by atoms with Gasteiger partial charge in [-0.25, -0.2) is 0 Å². The monoisotopic (exact) mass is 308 g/mol. The fraction of sp³-hybridized carbons (Fsp3) is 0.417. The lowest BCUT2D eigenvalue weighted by Gasteiger charge is -2.12. The van der Waals surface area contributed by atoms with E-state index in [0.717, 1.165) is 12.1 Å². The van der Waals surface area contributed by atoms with Crippen LogP contribution in [0.4, 0.5) is 13.2 Å². The third-order valence-electron chi connectivity index (χ3n) is 2.96. The van der Waals surface area contributed by atoms with Crippen LogP contribution in [0.1, 0.15) is 30.2 Å². The fourth-order valence-corrected chi connectivity index (χ4v) is 3.81. The first-order valence-electron chi connectivity index (χ1n) is 5.61. The predicted octanol–water partition coefficient (Wildman–Crippen LogP) is 2.45. The highest BCUT2D eigenvalue weighted by Crippen LogP contribution is 2.41. The molecule has 1 fully saturated rings. The van der Waals surface area contributed by atoms with E-state index in [9.17, 15) is 26.4 Å². The SMILES string of the molecule is CC1(C)OS(=O)(=O)C(c2cccc(C(F)(F)F)c2)C1=O. The maximum Gasteiger partial charge on any atom is 0.416 e. The van der Waals surface area contributed by atoms with Crippen molar-refractivity contribution >= 4 is 15.9 Å². The van der Waals surface area contributed by atoms with Crippen LogP contribution in [0.3, 0.4) is 0 Å². The molecule has 110 valence electrons. The van der Waals surface area contributed by atoms with Gasteiger partial charge in [0.1, 0.15) is 5.60 Å². The van der Waals surface area contributed by atoms with Gasteiger partial charge in [-0.05, 0) is 25.5 Å². The maximum absolute atomic E-state index is 12.6. The smallest absolute Gasteiger partial charge is 0.294 e. The van der Waals surface area contributed by atoms with Crippen molar-refractivity contribution in [2.24, 2.45) is 0 Å². The lowest BCUT2D eigenvalue weighted by molar-refractivity contribution is -0.137. The van der Waals surface area contributed by atoms with Crippen LogP contribution in [0, 0.1) is 0 Å². The molecule has 1 unspecified atom stereocenters. The zero-order chi connectivity index (χ0) is 15.3. The minimum absolute atomic E-state index is 0.240. The summed E-state index contributed by atoms with van der Waals surface area (Å²) in [5, 5.41) is -1.72. The number of carbonyl (C=O) groups excluding carboxylic acids is 1. The van der Waals surface area contributed by atoms with Crippen molar-refractivity contribution in [1.82, 2.24) is 0 Å². The first kappa shape index (κ1) is 15.0. The van der Waals surface area contributed by atoms with E-state index in [1.54, 1.807) is 0 Å². The molecular weight excluding hydrogens is 297 g/mol. The van der Waals surface area contributed by atoms with E-state index >= 15 is 0 Å². The van der Waals surface area contributed by atoms with Gasteiger partial charge < -0.3 is 0 Å². The fourth-order valence-electron chi connectivity index (χ4n) is 2.02. The Morgan fingerprint density at radius 2 is 1.85 bits per heavy atom. The lowest BCUT2D eigenvalue weighted by Crippen LogP contribution is -2.29. The second kappa shape index (κ2) is 4.29. The summed E-state index contributed by atoms with van der Waals surface area (Å²) in [6, 6.07) is 3.69. The first-order valence-corrected chi connectivity index (χ1v) is 7.08. The number of carbonyl (C=O) groups is 1. The number of hydrogen-bond acceptors (Lipinski definition) is 4. The van der Waals surface area contributed by atoms with Crippen LogP contribution in [0.5, 0.6) is 0 Å². The molecule has 0 amide bonds. The number of benzene rings is 1. The van der Waals surface area contributed by atoms with Gasteiger partial charge in [-0.2, -0.15) is 21.6 Å². The number of ketones is 1. The molecule has 4 nitrogen and oxygen atoms in total. The van der Waals surface area contributed by atoms with Gasteiger partial charge in [0, 0.05) is 0 Å².